The summed E-state index contributed by atoms with van der Waals surface area (Å²) >= 11 is 8.94. The maximum Gasteiger partial charge on any atom is 0.416 e. The highest BCUT2D eigenvalue weighted by Crippen LogP contribution is 2.29. The molecule has 1 heterocycles. The van der Waals surface area contributed by atoms with Crippen LogP contribution >= 0.6 is 27.5 Å². The minimum Gasteiger partial charge on any atom is -0.369 e. The van der Waals surface area contributed by atoms with E-state index in [9.17, 15) is 13.2 Å². The molecule has 0 aliphatic carbocycles. The zero-order valence-electron chi connectivity index (χ0n) is 10.6. The first-order valence-electron chi connectivity index (χ1n) is 5.94. The van der Waals surface area contributed by atoms with Crippen molar-refractivity contribution in [2.45, 2.75) is 12.6 Å². The summed E-state index contributed by atoms with van der Waals surface area (Å²) in [5, 5.41) is 3.09. The van der Waals surface area contributed by atoms with E-state index in [-0.39, 0.29) is 5.28 Å². The lowest BCUT2D eigenvalue weighted by Gasteiger charge is -2.10. The summed E-state index contributed by atoms with van der Waals surface area (Å²) in [6.45, 7) is 0.424. The van der Waals surface area contributed by atoms with Crippen LogP contribution in [0.1, 0.15) is 11.1 Å². The molecule has 1 aromatic heterocycles. The van der Waals surface area contributed by atoms with Crippen LogP contribution in [0.4, 0.5) is 19.0 Å². The summed E-state index contributed by atoms with van der Waals surface area (Å²) in [7, 11) is 0. The van der Waals surface area contributed by atoms with Crippen molar-refractivity contribution in [3.63, 3.8) is 0 Å². The fourth-order valence-electron chi connectivity index (χ4n) is 1.70. The fourth-order valence-corrected chi connectivity index (χ4v) is 2.16. The monoisotopic (exact) mass is 379 g/mol. The Bertz CT molecular complexity index is 634. The van der Waals surface area contributed by atoms with E-state index in [0.29, 0.717) is 28.8 Å². The number of anilines is 1. The summed E-state index contributed by atoms with van der Waals surface area (Å²) in [5.74, 6) is 0.502. The molecule has 0 aliphatic heterocycles. The second-order valence-corrected chi connectivity index (χ2v) is 5.40. The van der Waals surface area contributed by atoms with E-state index in [1.807, 2.05) is 0 Å². The minimum atomic E-state index is -4.33. The van der Waals surface area contributed by atoms with Crippen molar-refractivity contribution in [1.29, 1.82) is 0 Å². The van der Waals surface area contributed by atoms with Gasteiger partial charge in [-0.1, -0.05) is 18.2 Å². The molecule has 0 aliphatic rings. The van der Waals surface area contributed by atoms with Gasteiger partial charge in [0.05, 0.1) is 10.0 Å². The van der Waals surface area contributed by atoms with Crippen molar-refractivity contribution in [3.05, 3.63) is 51.3 Å². The smallest absolute Gasteiger partial charge is 0.369 e. The fraction of sp³-hybridized carbons (Fsp3) is 0.231. The Hall–Kier alpha value is -1.34. The molecule has 1 N–H and O–H groups in total. The van der Waals surface area contributed by atoms with Gasteiger partial charge in [0.25, 0.3) is 0 Å². The molecule has 3 nitrogen and oxygen atoms in total. The summed E-state index contributed by atoms with van der Waals surface area (Å²) in [6, 6.07) is 5.25. The average molecular weight is 381 g/mol. The van der Waals surface area contributed by atoms with Gasteiger partial charge in [0.2, 0.25) is 5.28 Å². The largest absolute Gasteiger partial charge is 0.416 e. The average Bonchev–Trinajstić information content (AvgIpc) is 2.42. The maximum absolute atomic E-state index is 12.6. The molecule has 2 aromatic rings. The molecule has 112 valence electrons. The van der Waals surface area contributed by atoms with Crippen molar-refractivity contribution in [2.24, 2.45) is 0 Å². The molecule has 0 spiro atoms. The molecular weight excluding hydrogens is 371 g/mol. The van der Waals surface area contributed by atoms with Crippen molar-refractivity contribution >= 4 is 33.3 Å². The van der Waals surface area contributed by atoms with Crippen molar-refractivity contribution in [1.82, 2.24) is 9.97 Å². The molecule has 2 rings (SSSR count). The molecule has 0 atom stereocenters. The standard InChI is InChI=1S/C13H10BrClF3N3/c14-10-7-20-12(15)21-11(10)19-5-4-8-2-1-3-9(6-8)13(16,17)18/h1-3,6-7H,4-5H2,(H,19,20,21). The van der Waals surface area contributed by atoms with Crippen LogP contribution in [0.5, 0.6) is 0 Å². The van der Waals surface area contributed by atoms with E-state index in [4.69, 9.17) is 11.6 Å². The summed E-state index contributed by atoms with van der Waals surface area (Å²) in [4.78, 5) is 7.76. The lowest BCUT2D eigenvalue weighted by molar-refractivity contribution is -0.137. The van der Waals surface area contributed by atoms with Crippen LogP contribution in [0.15, 0.2) is 34.9 Å². The minimum absolute atomic E-state index is 0.0970. The molecule has 0 saturated carbocycles. The first-order chi connectivity index (χ1) is 9.86. The molecule has 21 heavy (non-hydrogen) atoms. The number of nitrogens with one attached hydrogen (secondary N) is 1. The van der Waals surface area contributed by atoms with E-state index in [0.717, 1.165) is 12.1 Å². The van der Waals surface area contributed by atoms with E-state index in [1.165, 1.54) is 12.3 Å². The summed E-state index contributed by atoms with van der Waals surface area (Å²) < 4.78 is 38.4. The van der Waals surface area contributed by atoms with Gasteiger partial charge in [-0.3, -0.25) is 0 Å². The normalized spacial score (nSPS) is 11.5. The molecule has 0 radical (unpaired) electrons. The Kier molecular flexibility index (Phi) is 5.05. The molecule has 0 amide bonds. The lowest BCUT2D eigenvalue weighted by Crippen LogP contribution is -2.09. The molecule has 0 unspecified atom stereocenters. The third kappa shape index (κ3) is 4.57. The van der Waals surface area contributed by atoms with Gasteiger partial charge in [-0.15, -0.1) is 0 Å². The Balaban J connectivity index is 1.99. The van der Waals surface area contributed by atoms with Gasteiger partial charge in [0.15, 0.2) is 0 Å². The Morgan fingerprint density at radius 2 is 2.05 bits per heavy atom. The first kappa shape index (κ1) is 16.0. The van der Waals surface area contributed by atoms with E-state index in [1.54, 1.807) is 6.07 Å². The summed E-state index contributed by atoms with van der Waals surface area (Å²) in [6.07, 6.45) is -2.40. The van der Waals surface area contributed by atoms with Gasteiger partial charge < -0.3 is 5.32 Å². The number of hydrogen-bond acceptors (Lipinski definition) is 3. The van der Waals surface area contributed by atoms with E-state index < -0.39 is 11.7 Å². The van der Waals surface area contributed by atoms with Gasteiger partial charge in [-0.2, -0.15) is 18.2 Å². The van der Waals surface area contributed by atoms with Crippen molar-refractivity contribution in [3.8, 4) is 0 Å². The predicted molar refractivity (Wildman–Crippen MR) is 78.4 cm³/mol. The molecule has 0 saturated heterocycles. The highest BCUT2D eigenvalue weighted by molar-refractivity contribution is 9.10. The van der Waals surface area contributed by atoms with Crippen LogP contribution in [0.2, 0.25) is 5.28 Å². The molecule has 8 heteroatoms. The topological polar surface area (TPSA) is 37.8 Å². The second-order valence-electron chi connectivity index (χ2n) is 4.21. The number of aromatic nitrogens is 2. The van der Waals surface area contributed by atoms with Gasteiger partial charge in [-0.25, -0.2) is 4.98 Å². The van der Waals surface area contributed by atoms with Crippen molar-refractivity contribution in [2.75, 3.05) is 11.9 Å². The molecule has 1 aromatic carbocycles. The van der Waals surface area contributed by atoms with Crippen LogP contribution in [0, 0.1) is 0 Å². The first-order valence-corrected chi connectivity index (χ1v) is 7.11. The highest BCUT2D eigenvalue weighted by Gasteiger charge is 2.30. The zero-order valence-corrected chi connectivity index (χ0v) is 12.9. The Morgan fingerprint density at radius 3 is 2.76 bits per heavy atom. The van der Waals surface area contributed by atoms with Crippen LogP contribution < -0.4 is 5.32 Å². The Labute approximate surface area is 132 Å². The van der Waals surface area contributed by atoms with E-state index in [2.05, 4.69) is 31.2 Å². The number of halogens is 5. The lowest BCUT2D eigenvalue weighted by atomic mass is 10.1. The molecule has 0 bridgehead atoms. The molecular formula is C13H10BrClF3N3. The molecule has 0 fully saturated rings. The third-order valence-corrected chi connectivity index (χ3v) is 3.44. The van der Waals surface area contributed by atoms with Gasteiger partial charge in [-0.05, 0) is 45.6 Å². The summed E-state index contributed by atoms with van der Waals surface area (Å²) in [5.41, 5.74) is -0.0557. The zero-order chi connectivity index (χ0) is 15.5. The maximum atomic E-state index is 12.6. The van der Waals surface area contributed by atoms with Crippen LogP contribution in [0.25, 0.3) is 0 Å². The Morgan fingerprint density at radius 1 is 1.29 bits per heavy atom. The van der Waals surface area contributed by atoms with Crippen LogP contribution in [-0.4, -0.2) is 16.5 Å². The van der Waals surface area contributed by atoms with Gasteiger partial charge >= 0.3 is 6.18 Å². The highest BCUT2D eigenvalue weighted by atomic mass is 79.9. The predicted octanol–water partition coefficient (Wildman–Crippen LogP) is 4.57. The number of nitrogens with zero attached hydrogens (tertiary/aromatic N) is 2. The number of hydrogen-bond donors (Lipinski definition) is 1. The van der Waals surface area contributed by atoms with Crippen LogP contribution in [0.3, 0.4) is 0 Å². The van der Waals surface area contributed by atoms with Gasteiger partial charge in [0.1, 0.15) is 5.82 Å². The SMILES string of the molecule is FC(F)(F)c1cccc(CCNc2nc(Cl)ncc2Br)c1. The number of benzene rings is 1. The number of alkyl halides is 3. The van der Waals surface area contributed by atoms with E-state index >= 15 is 0 Å². The number of rotatable bonds is 4. The van der Waals surface area contributed by atoms with Crippen molar-refractivity contribution < 1.29 is 13.2 Å². The third-order valence-electron chi connectivity index (χ3n) is 2.68. The second kappa shape index (κ2) is 6.62. The van der Waals surface area contributed by atoms with Gasteiger partial charge in [0, 0.05) is 12.7 Å². The van der Waals surface area contributed by atoms with Crippen LogP contribution in [-0.2, 0) is 12.6 Å². The quantitative estimate of drug-likeness (QED) is 0.790.